The number of hydrogen-bond acceptors (Lipinski definition) is 2. The van der Waals surface area contributed by atoms with Gasteiger partial charge in [-0.3, -0.25) is 0 Å². The summed E-state index contributed by atoms with van der Waals surface area (Å²) in [6.45, 7) is 2.11. The highest BCUT2D eigenvalue weighted by Gasteiger charge is 2.07. The Morgan fingerprint density at radius 3 is 2.63 bits per heavy atom. The number of ether oxygens (including phenoxy) is 1. The second-order valence-corrected chi connectivity index (χ2v) is 5.36. The largest absolute Gasteiger partial charge is 0.457 e. The Labute approximate surface area is 126 Å². The van der Waals surface area contributed by atoms with Crippen molar-refractivity contribution < 1.29 is 4.74 Å². The van der Waals surface area contributed by atoms with Gasteiger partial charge in [-0.2, -0.15) is 0 Å². The van der Waals surface area contributed by atoms with Crippen molar-refractivity contribution >= 4 is 33.1 Å². The van der Waals surface area contributed by atoms with Crippen LogP contribution in [0.15, 0.2) is 46.9 Å². The van der Waals surface area contributed by atoms with Crippen LogP contribution in [0.3, 0.4) is 0 Å². The zero-order chi connectivity index (χ0) is 13.8. The summed E-state index contributed by atoms with van der Waals surface area (Å²) in [4.78, 5) is 0.368. The van der Waals surface area contributed by atoms with Crippen molar-refractivity contribution in [2.75, 3.05) is 0 Å². The van der Waals surface area contributed by atoms with E-state index in [2.05, 4.69) is 28.9 Å². The van der Waals surface area contributed by atoms with Crippen molar-refractivity contribution in [2.45, 2.75) is 13.3 Å². The number of para-hydroxylation sites is 1. The number of rotatable bonds is 4. The van der Waals surface area contributed by atoms with Gasteiger partial charge in [-0.15, -0.1) is 0 Å². The summed E-state index contributed by atoms with van der Waals surface area (Å²) in [5, 5.41) is 0. The molecule has 0 atom stereocenters. The molecule has 0 spiro atoms. The highest BCUT2D eigenvalue weighted by molar-refractivity contribution is 9.10. The van der Waals surface area contributed by atoms with Gasteiger partial charge in [0.1, 0.15) is 16.5 Å². The summed E-state index contributed by atoms with van der Waals surface area (Å²) in [5.74, 6) is 1.63. The van der Waals surface area contributed by atoms with Crippen molar-refractivity contribution in [1.29, 1.82) is 0 Å². The van der Waals surface area contributed by atoms with E-state index in [9.17, 15) is 0 Å². The lowest BCUT2D eigenvalue weighted by molar-refractivity contribution is 0.476. The van der Waals surface area contributed by atoms with Crippen molar-refractivity contribution in [1.82, 2.24) is 0 Å². The minimum Gasteiger partial charge on any atom is -0.457 e. The summed E-state index contributed by atoms with van der Waals surface area (Å²) < 4.78 is 6.74. The fourth-order valence-corrected chi connectivity index (χ4v) is 2.66. The molecule has 0 aliphatic heterocycles. The average molecular weight is 336 g/mol. The number of hydrogen-bond donors (Lipinski definition) is 1. The molecule has 0 saturated carbocycles. The number of halogens is 1. The van der Waals surface area contributed by atoms with E-state index in [-0.39, 0.29) is 0 Å². The molecule has 0 saturated heterocycles. The van der Waals surface area contributed by atoms with E-state index in [1.807, 2.05) is 36.4 Å². The third kappa shape index (κ3) is 3.33. The molecule has 0 bridgehead atoms. The molecule has 0 aliphatic rings. The van der Waals surface area contributed by atoms with E-state index in [1.165, 1.54) is 5.56 Å². The normalized spacial score (nSPS) is 10.2. The van der Waals surface area contributed by atoms with Crippen LogP contribution in [0.5, 0.6) is 11.5 Å². The molecular formula is C15H14BrNOS. The van der Waals surface area contributed by atoms with Crippen LogP contribution in [0, 0.1) is 0 Å². The maximum absolute atomic E-state index is 5.90. The first-order valence-corrected chi connectivity index (χ1v) is 7.17. The van der Waals surface area contributed by atoms with Crippen molar-refractivity contribution in [3.05, 3.63) is 58.1 Å². The molecule has 0 amide bonds. The number of aryl methyl sites for hydroxylation is 1. The maximum Gasteiger partial charge on any atom is 0.130 e. The van der Waals surface area contributed by atoms with Crippen LogP contribution in [0.25, 0.3) is 0 Å². The lowest BCUT2D eigenvalue weighted by Gasteiger charge is -2.11. The molecule has 0 fully saturated rings. The summed E-state index contributed by atoms with van der Waals surface area (Å²) in [6.07, 6.45) is 0.933. The van der Waals surface area contributed by atoms with Crippen LogP contribution in [0.2, 0.25) is 0 Å². The van der Waals surface area contributed by atoms with Gasteiger partial charge in [0.05, 0.1) is 0 Å². The predicted octanol–water partition coefficient (Wildman–Crippen LogP) is 4.44. The Morgan fingerprint density at radius 2 is 2.00 bits per heavy atom. The summed E-state index contributed by atoms with van der Waals surface area (Å²) in [6, 6.07) is 13.6. The van der Waals surface area contributed by atoms with Crippen molar-refractivity contribution in [3.63, 3.8) is 0 Å². The zero-order valence-corrected chi connectivity index (χ0v) is 12.9. The van der Waals surface area contributed by atoms with Gasteiger partial charge in [0.15, 0.2) is 0 Å². The van der Waals surface area contributed by atoms with E-state index in [4.69, 9.17) is 22.7 Å². The smallest absolute Gasteiger partial charge is 0.130 e. The first-order valence-electron chi connectivity index (χ1n) is 5.97. The lowest BCUT2D eigenvalue weighted by atomic mass is 10.1. The highest BCUT2D eigenvalue weighted by Crippen LogP contribution is 2.29. The fourth-order valence-electron chi connectivity index (χ4n) is 1.78. The standard InChI is InChI=1S/C15H14BrNOS/c1-2-10-5-3-4-6-14(10)18-11-7-8-12(15(17)19)13(16)9-11/h3-9H,2H2,1H3,(H2,17,19). The van der Waals surface area contributed by atoms with Gasteiger partial charge in [-0.1, -0.05) is 37.3 Å². The molecule has 2 aromatic rings. The topological polar surface area (TPSA) is 35.2 Å². The Morgan fingerprint density at radius 1 is 1.26 bits per heavy atom. The molecule has 98 valence electrons. The third-order valence-electron chi connectivity index (χ3n) is 2.79. The molecular weight excluding hydrogens is 322 g/mol. The minimum absolute atomic E-state index is 0.368. The van der Waals surface area contributed by atoms with Gasteiger partial charge < -0.3 is 10.5 Å². The first kappa shape index (κ1) is 14.0. The third-order valence-corrected chi connectivity index (χ3v) is 3.66. The van der Waals surface area contributed by atoms with Crippen LogP contribution in [-0.2, 0) is 6.42 Å². The summed E-state index contributed by atoms with van der Waals surface area (Å²) in [7, 11) is 0. The van der Waals surface area contributed by atoms with Crippen LogP contribution >= 0.6 is 28.1 Å². The number of thiocarbonyl (C=S) groups is 1. The molecule has 19 heavy (non-hydrogen) atoms. The van der Waals surface area contributed by atoms with E-state index in [0.29, 0.717) is 4.99 Å². The van der Waals surface area contributed by atoms with Crippen LogP contribution in [0.4, 0.5) is 0 Å². The summed E-state index contributed by atoms with van der Waals surface area (Å²) >= 11 is 8.42. The molecule has 2 nitrogen and oxygen atoms in total. The van der Waals surface area contributed by atoms with Gasteiger partial charge in [0, 0.05) is 10.0 Å². The second kappa shape index (κ2) is 6.17. The Bertz CT molecular complexity index is 613. The van der Waals surface area contributed by atoms with Crippen LogP contribution < -0.4 is 10.5 Å². The second-order valence-electron chi connectivity index (χ2n) is 4.07. The average Bonchev–Trinajstić information content (AvgIpc) is 2.39. The maximum atomic E-state index is 5.90. The Hall–Kier alpha value is -1.39. The Balaban J connectivity index is 2.29. The quantitative estimate of drug-likeness (QED) is 0.839. The molecule has 0 aliphatic carbocycles. The predicted molar refractivity (Wildman–Crippen MR) is 85.9 cm³/mol. The van der Waals surface area contributed by atoms with Crippen LogP contribution in [-0.4, -0.2) is 4.99 Å². The Kier molecular flexibility index (Phi) is 4.56. The zero-order valence-electron chi connectivity index (χ0n) is 10.5. The monoisotopic (exact) mass is 335 g/mol. The molecule has 4 heteroatoms. The highest BCUT2D eigenvalue weighted by atomic mass is 79.9. The van der Waals surface area contributed by atoms with Crippen LogP contribution in [0.1, 0.15) is 18.1 Å². The van der Waals surface area contributed by atoms with Gasteiger partial charge in [-0.25, -0.2) is 0 Å². The summed E-state index contributed by atoms with van der Waals surface area (Å²) in [5.41, 5.74) is 7.61. The molecule has 0 aromatic heterocycles. The molecule has 2 N–H and O–H groups in total. The van der Waals surface area contributed by atoms with E-state index in [1.54, 1.807) is 0 Å². The van der Waals surface area contributed by atoms with Gasteiger partial charge in [0.2, 0.25) is 0 Å². The molecule has 2 rings (SSSR count). The SMILES string of the molecule is CCc1ccccc1Oc1ccc(C(N)=S)c(Br)c1. The lowest BCUT2D eigenvalue weighted by Crippen LogP contribution is -2.09. The molecule has 2 aromatic carbocycles. The number of nitrogens with two attached hydrogens (primary N) is 1. The van der Waals surface area contributed by atoms with E-state index >= 15 is 0 Å². The van der Waals surface area contributed by atoms with Gasteiger partial charge >= 0.3 is 0 Å². The fraction of sp³-hybridized carbons (Fsp3) is 0.133. The van der Waals surface area contributed by atoms with Gasteiger partial charge in [0.25, 0.3) is 0 Å². The number of benzene rings is 2. The molecule has 0 heterocycles. The van der Waals surface area contributed by atoms with Gasteiger partial charge in [-0.05, 0) is 52.2 Å². The van der Waals surface area contributed by atoms with E-state index < -0.39 is 0 Å². The van der Waals surface area contributed by atoms with E-state index in [0.717, 1.165) is 28.0 Å². The molecule has 0 radical (unpaired) electrons. The first-order chi connectivity index (χ1) is 9.11. The minimum atomic E-state index is 0.368. The van der Waals surface area contributed by atoms with Crippen molar-refractivity contribution in [2.24, 2.45) is 5.73 Å². The van der Waals surface area contributed by atoms with Crippen molar-refractivity contribution in [3.8, 4) is 11.5 Å². The molecule has 0 unspecified atom stereocenters.